The van der Waals surface area contributed by atoms with E-state index in [0.29, 0.717) is 0 Å². The quantitative estimate of drug-likeness (QED) is 0.0985. The molecule has 44 heavy (non-hydrogen) atoms. The van der Waals surface area contributed by atoms with E-state index >= 15 is 0 Å². The molecule has 0 amide bonds. The van der Waals surface area contributed by atoms with Crippen LogP contribution in [-0.2, 0) is 16.8 Å². The predicted molar refractivity (Wildman–Crippen MR) is 166 cm³/mol. The Morgan fingerprint density at radius 1 is 0.432 bits per heavy atom. The van der Waals surface area contributed by atoms with Crippen molar-refractivity contribution >= 4 is 37.1 Å². The van der Waals surface area contributed by atoms with Gasteiger partial charge in [0.05, 0.1) is 6.43 Å². The molecule has 1 fully saturated rings. The molecular formula is C34H29CoF7P2-. The Labute approximate surface area is 268 Å². The van der Waals surface area contributed by atoms with Gasteiger partial charge in [-0.15, -0.1) is 0 Å². The molecule has 10 heteroatoms. The van der Waals surface area contributed by atoms with Crippen LogP contribution in [0.25, 0.3) is 0 Å². The summed E-state index contributed by atoms with van der Waals surface area (Å²) in [7, 11) is -0.696. The number of benzene rings is 4. The van der Waals surface area contributed by atoms with E-state index in [4.69, 9.17) is 0 Å². The molecular weight excluding hydrogens is 662 g/mol. The topological polar surface area (TPSA) is 0 Å². The van der Waals surface area contributed by atoms with E-state index in [1.165, 1.54) is 33.5 Å². The van der Waals surface area contributed by atoms with E-state index in [9.17, 15) is 30.7 Å². The van der Waals surface area contributed by atoms with E-state index in [-0.39, 0.29) is 32.6 Å². The molecule has 1 saturated carbocycles. The minimum Gasteiger partial charge on any atom is -0.415 e. The summed E-state index contributed by atoms with van der Waals surface area (Å²) in [5.74, 6) is -5.98. The maximum absolute atomic E-state index is 11.1. The molecule has 6 radical (unpaired) electrons. The Kier molecular flexibility index (Phi) is 16.7. The minimum absolute atomic E-state index is 0. The van der Waals surface area contributed by atoms with E-state index in [2.05, 4.69) is 121 Å². The van der Waals surface area contributed by atoms with Gasteiger partial charge < -0.3 is 8.78 Å². The van der Waals surface area contributed by atoms with E-state index < -0.39 is 18.5 Å². The molecule has 0 N–H and O–H groups in total. The Bertz CT molecular complexity index is 1120. The molecule has 4 aromatic carbocycles. The normalized spacial score (nSPS) is 13.0. The molecule has 5 rings (SSSR count). The van der Waals surface area contributed by atoms with Crippen LogP contribution in [0.1, 0.15) is 0 Å². The SMILES string of the molecule is F[C-](F)C(F)(F)C(F)(F)F.[CH]1[CH][CH][CH][CH]1.[Co].c1ccc(P(CCP(c2ccccc2)c2ccccc2)c2ccccc2)cc1. The van der Waals surface area contributed by atoms with Gasteiger partial charge in [0.2, 0.25) is 0 Å². The van der Waals surface area contributed by atoms with Crippen LogP contribution >= 0.6 is 15.8 Å². The molecule has 0 nitrogen and oxygen atoms in total. The van der Waals surface area contributed by atoms with Crippen molar-refractivity contribution in [3.05, 3.63) is 160 Å². The van der Waals surface area contributed by atoms with Gasteiger partial charge in [-0.1, -0.05) is 121 Å². The summed E-state index contributed by atoms with van der Waals surface area (Å²) in [6.45, 7) is 0. The summed E-state index contributed by atoms with van der Waals surface area (Å²) in [6, 6.07) is 44.2. The first-order valence-electron chi connectivity index (χ1n) is 13.2. The van der Waals surface area contributed by atoms with Crippen molar-refractivity contribution in [1.82, 2.24) is 0 Å². The van der Waals surface area contributed by atoms with Gasteiger partial charge >= 0.3 is 6.18 Å². The van der Waals surface area contributed by atoms with Gasteiger partial charge in [0.25, 0.3) is 5.92 Å². The molecule has 1 aliphatic rings. The molecule has 0 aliphatic heterocycles. The number of hydrogen-bond donors (Lipinski definition) is 0. The zero-order valence-corrected chi connectivity index (χ0v) is 26.1. The van der Waals surface area contributed by atoms with E-state index in [1.54, 1.807) is 0 Å². The second-order valence-electron chi connectivity index (χ2n) is 8.94. The summed E-state index contributed by atoms with van der Waals surface area (Å²) in [5, 5.41) is 5.89. The first kappa shape index (κ1) is 37.9. The predicted octanol–water partition coefficient (Wildman–Crippen LogP) is 8.88. The molecule has 0 saturated heterocycles. The van der Waals surface area contributed by atoms with Crippen molar-refractivity contribution in [1.29, 1.82) is 0 Å². The molecule has 0 aromatic heterocycles. The molecule has 0 unspecified atom stereocenters. The molecule has 0 atom stereocenters. The second kappa shape index (κ2) is 19.3. The minimum atomic E-state index is -6.20. The van der Waals surface area contributed by atoms with Crippen LogP contribution in [0.3, 0.4) is 0 Å². The molecule has 4 aromatic rings. The Morgan fingerprint density at radius 3 is 0.818 bits per heavy atom. The van der Waals surface area contributed by atoms with Gasteiger partial charge in [0, 0.05) is 16.8 Å². The van der Waals surface area contributed by atoms with Crippen LogP contribution in [0.4, 0.5) is 30.7 Å². The Balaban J connectivity index is 0.000000350. The average Bonchev–Trinajstić information content (AvgIpc) is 3.62. The first-order chi connectivity index (χ1) is 20.6. The van der Waals surface area contributed by atoms with Crippen LogP contribution in [0.5, 0.6) is 0 Å². The summed E-state index contributed by atoms with van der Waals surface area (Å²) in [4.78, 5) is 0. The second-order valence-corrected chi connectivity index (χ2v) is 13.6. The fourth-order valence-corrected chi connectivity index (χ4v) is 9.23. The maximum atomic E-state index is 11.1. The van der Waals surface area contributed by atoms with Crippen molar-refractivity contribution in [3.63, 3.8) is 0 Å². The monoisotopic (exact) mass is 691 g/mol. The van der Waals surface area contributed by atoms with Crippen molar-refractivity contribution in [2.45, 2.75) is 12.1 Å². The van der Waals surface area contributed by atoms with Gasteiger partial charge in [-0.05, 0) is 81.5 Å². The Hall–Kier alpha value is -2.24. The summed E-state index contributed by atoms with van der Waals surface area (Å²) < 4.78 is 76.3. The van der Waals surface area contributed by atoms with Crippen LogP contribution < -0.4 is 21.2 Å². The van der Waals surface area contributed by atoms with E-state index in [0.717, 1.165) is 0 Å². The van der Waals surface area contributed by atoms with Gasteiger partial charge in [0.15, 0.2) is 0 Å². The summed E-state index contributed by atoms with van der Waals surface area (Å²) in [5.41, 5.74) is 0. The van der Waals surface area contributed by atoms with Gasteiger partial charge in [0.1, 0.15) is 0 Å². The molecule has 0 spiro atoms. The smallest absolute Gasteiger partial charge is 0.415 e. The third-order valence-electron chi connectivity index (χ3n) is 5.97. The van der Waals surface area contributed by atoms with Crippen molar-refractivity contribution in [2.75, 3.05) is 12.3 Å². The fourth-order valence-electron chi connectivity index (χ4n) is 3.87. The van der Waals surface area contributed by atoms with Crippen LogP contribution in [0, 0.1) is 38.5 Å². The van der Waals surface area contributed by atoms with E-state index in [1.807, 2.05) is 32.1 Å². The summed E-state index contributed by atoms with van der Waals surface area (Å²) in [6.07, 6.45) is 2.27. The molecule has 1 aliphatic carbocycles. The average molecular weight is 691 g/mol. The van der Waals surface area contributed by atoms with Gasteiger partial charge in [-0.2, -0.15) is 13.2 Å². The molecule has 0 bridgehead atoms. The summed E-state index contributed by atoms with van der Waals surface area (Å²) >= 11 is 0. The van der Waals surface area contributed by atoms with Crippen LogP contribution in [0.2, 0.25) is 0 Å². The Morgan fingerprint density at radius 2 is 0.659 bits per heavy atom. The first-order valence-corrected chi connectivity index (χ1v) is 16.2. The van der Waals surface area contributed by atoms with Gasteiger partial charge in [-0.3, -0.25) is 0 Å². The van der Waals surface area contributed by atoms with Crippen molar-refractivity contribution in [2.24, 2.45) is 0 Å². The largest absolute Gasteiger partial charge is 0.427 e. The third kappa shape index (κ3) is 11.9. The third-order valence-corrected chi connectivity index (χ3v) is 11.3. The standard InChI is InChI=1S/C26H24P2.C5H5.C3F7.Co/c1-5-13-23(14-6-1)27(24-15-7-2-8-16-24)21-22-28(25-17-9-3-10-18-25)26-19-11-4-12-20-26;1-2-4-5-3-1;4-1(5)2(6,7)3(8,9)10;/h1-20H,21-22H2;1-5H;;/q;;-1;. The number of rotatable bonds is 8. The van der Waals surface area contributed by atoms with Gasteiger partial charge in [-0.25, -0.2) is 8.78 Å². The fraction of sp³-hybridized carbons (Fsp3) is 0.118. The number of alkyl halides is 5. The number of halogens is 7. The van der Waals surface area contributed by atoms with Crippen molar-refractivity contribution < 1.29 is 47.5 Å². The number of hydrogen-bond acceptors (Lipinski definition) is 0. The molecule has 0 heterocycles. The van der Waals surface area contributed by atoms with Crippen LogP contribution in [0.15, 0.2) is 121 Å². The van der Waals surface area contributed by atoms with Crippen molar-refractivity contribution in [3.8, 4) is 0 Å². The maximum Gasteiger partial charge on any atom is 0.427 e. The zero-order chi connectivity index (χ0) is 31.1. The molecule has 234 valence electrons. The zero-order valence-electron chi connectivity index (χ0n) is 23.2. The van der Waals surface area contributed by atoms with Crippen LogP contribution in [-0.4, -0.2) is 24.4 Å².